The van der Waals surface area contributed by atoms with Gasteiger partial charge in [0.05, 0.1) is 0 Å². The van der Waals surface area contributed by atoms with Gasteiger partial charge in [0, 0.05) is 31.4 Å². The molecule has 0 bridgehead atoms. The molecule has 0 aromatic heterocycles. The van der Waals surface area contributed by atoms with E-state index in [0.29, 0.717) is 0 Å². The average molecular weight is 260 g/mol. The zero-order valence-corrected chi connectivity index (χ0v) is 12.1. The molecule has 0 aliphatic carbocycles. The first-order valence-electron chi connectivity index (χ1n) is 6.82. The second-order valence-corrected chi connectivity index (χ2v) is 5.71. The molecular formula is C15H24N4. The van der Waals surface area contributed by atoms with Gasteiger partial charge in [-0.05, 0) is 56.6 Å². The minimum atomic E-state index is 0.143. The van der Waals surface area contributed by atoms with Crippen molar-refractivity contribution in [2.75, 3.05) is 38.6 Å². The van der Waals surface area contributed by atoms with Crippen molar-refractivity contribution in [3.05, 3.63) is 29.3 Å². The maximum absolute atomic E-state index is 7.52. The van der Waals surface area contributed by atoms with Gasteiger partial charge in [-0.2, -0.15) is 0 Å². The monoisotopic (exact) mass is 260 g/mol. The number of anilines is 1. The highest BCUT2D eigenvalue weighted by molar-refractivity contribution is 5.96. The first-order chi connectivity index (χ1) is 8.97. The Bertz CT molecular complexity index is 469. The smallest absolute Gasteiger partial charge is 0.123 e. The van der Waals surface area contributed by atoms with Crippen molar-refractivity contribution < 1.29 is 0 Å². The maximum Gasteiger partial charge on any atom is 0.123 e. The predicted molar refractivity (Wildman–Crippen MR) is 81.1 cm³/mol. The summed E-state index contributed by atoms with van der Waals surface area (Å²) < 4.78 is 0. The van der Waals surface area contributed by atoms with Crippen molar-refractivity contribution in [2.45, 2.75) is 13.3 Å². The Kier molecular flexibility index (Phi) is 4.10. The van der Waals surface area contributed by atoms with Gasteiger partial charge in [-0.15, -0.1) is 0 Å². The van der Waals surface area contributed by atoms with Crippen LogP contribution < -0.4 is 10.6 Å². The molecule has 1 fully saturated rings. The molecule has 3 N–H and O–H groups in total. The summed E-state index contributed by atoms with van der Waals surface area (Å²) in [5.74, 6) is 0.895. The minimum Gasteiger partial charge on any atom is -0.384 e. The van der Waals surface area contributed by atoms with E-state index in [1.54, 1.807) is 0 Å². The van der Waals surface area contributed by atoms with Crippen LogP contribution in [0.1, 0.15) is 17.5 Å². The van der Waals surface area contributed by atoms with E-state index in [0.717, 1.165) is 23.6 Å². The van der Waals surface area contributed by atoms with Crippen molar-refractivity contribution in [2.24, 2.45) is 11.7 Å². The van der Waals surface area contributed by atoms with Crippen LogP contribution in [0.5, 0.6) is 0 Å². The van der Waals surface area contributed by atoms with E-state index in [9.17, 15) is 0 Å². The lowest BCUT2D eigenvalue weighted by Crippen LogP contribution is -2.27. The Morgan fingerprint density at radius 2 is 2.26 bits per heavy atom. The molecule has 1 saturated heterocycles. The normalized spacial score (nSPS) is 19.6. The van der Waals surface area contributed by atoms with E-state index in [4.69, 9.17) is 11.1 Å². The summed E-state index contributed by atoms with van der Waals surface area (Å²) >= 11 is 0. The molecule has 1 heterocycles. The van der Waals surface area contributed by atoms with Gasteiger partial charge < -0.3 is 15.5 Å². The van der Waals surface area contributed by atoms with Gasteiger partial charge in [0.25, 0.3) is 0 Å². The Morgan fingerprint density at radius 3 is 2.79 bits per heavy atom. The van der Waals surface area contributed by atoms with Crippen LogP contribution in [0.15, 0.2) is 18.2 Å². The van der Waals surface area contributed by atoms with E-state index in [1.807, 2.05) is 13.0 Å². The third kappa shape index (κ3) is 3.26. The van der Waals surface area contributed by atoms with Crippen LogP contribution >= 0.6 is 0 Å². The van der Waals surface area contributed by atoms with E-state index in [-0.39, 0.29) is 5.84 Å². The number of nitrogens with two attached hydrogens (primary N) is 1. The minimum absolute atomic E-state index is 0.143. The van der Waals surface area contributed by atoms with E-state index in [2.05, 4.69) is 36.0 Å². The number of amidine groups is 1. The lowest BCUT2D eigenvalue weighted by atomic mass is 10.1. The maximum atomic E-state index is 7.52. The molecule has 0 amide bonds. The predicted octanol–water partition coefficient (Wildman–Crippen LogP) is 1.67. The standard InChI is InChI=1S/C15H24N4/c1-11-8-13(4-5-14(11)15(16)17)19(3)10-12-6-7-18(2)9-12/h4-5,8,12H,6-7,9-10H2,1-3H3,(H3,16,17). The zero-order valence-electron chi connectivity index (χ0n) is 12.1. The van der Waals surface area contributed by atoms with Gasteiger partial charge in [-0.3, -0.25) is 5.41 Å². The molecule has 1 unspecified atom stereocenters. The van der Waals surface area contributed by atoms with Crippen molar-refractivity contribution in [3.63, 3.8) is 0 Å². The highest BCUT2D eigenvalue weighted by Crippen LogP contribution is 2.21. The van der Waals surface area contributed by atoms with Crippen LogP contribution in [0.4, 0.5) is 5.69 Å². The Hall–Kier alpha value is -1.55. The number of rotatable bonds is 4. The van der Waals surface area contributed by atoms with Crippen LogP contribution in [-0.2, 0) is 0 Å². The fourth-order valence-corrected chi connectivity index (χ4v) is 2.86. The molecule has 1 aromatic rings. The summed E-state index contributed by atoms with van der Waals surface area (Å²) in [5.41, 5.74) is 8.66. The number of nitrogens with zero attached hydrogens (tertiary/aromatic N) is 2. The molecular weight excluding hydrogens is 236 g/mol. The highest BCUT2D eigenvalue weighted by atomic mass is 15.1. The first-order valence-corrected chi connectivity index (χ1v) is 6.82. The summed E-state index contributed by atoms with van der Waals surface area (Å²) in [6, 6.07) is 6.13. The number of likely N-dealkylation sites (tertiary alicyclic amines) is 1. The summed E-state index contributed by atoms with van der Waals surface area (Å²) in [7, 11) is 4.33. The van der Waals surface area contributed by atoms with E-state index >= 15 is 0 Å². The Balaban J connectivity index is 2.05. The quantitative estimate of drug-likeness (QED) is 0.639. The van der Waals surface area contributed by atoms with Crippen molar-refractivity contribution >= 4 is 11.5 Å². The van der Waals surface area contributed by atoms with Crippen LogP contribution in [0.2, 0.25) is 0 Å². The summed E-state index contributed by atoms with van der Waals surface area (Å²) in [5, 5.41) is 7.52. The number of benzene rings is 1. The van der Waals surface area contributed by atoms with Gasteiger partial charge >= 0.3 is 0 Å². The molecule has 0 saturated carbocycles. The third-order valence-electron chi connectivity index (χ3n) is 3.96. The van der Waals surface area contributed by atoms with Gasteiger partial charge in [-0.25, -0.2) is 0 Å². The Morgan fingerprint density at radius 1 is 1.53 bits per heavy atom. The third-order valence-corrected chi connectivity index (χ3v) is 3.96. The first kappa shape index (κ1) is 13.9. The molecule has 1 aliphatic heterocycles. The topological polar surface area (TPSA) is 56.4 Å². The molecule has 1 aliphatic rings. The molecule has 0 radical (unpaired) electrons. The Labute approximate surface area is 115 Å². The lowest BCUT2D eigenvalue weighted by Gasteiger charge is -2.24. The largest absolute Gasteiger partial charge is 0.384 e. The van der Waals surface area contributed by atoms with Crippen LogP contribution in [-0.4, -0.2) is 44.5 Å². The van der Waals surface area contributed by atoms with Crippen LogP contribution in [0.25, 0.3) is 0 Å². The molecule has 2 rings (SSSR count). The summed E-state index contributed by atoms with van der Waals surface area (Å²) in [6.07, 6.45) is 1.28. The van der Waals surface area contributed by atoms with Crippen LogP contribution in [0.3, 0.4) is 0 Å². The lowest BCUT2D eigenvalue weighted by molar-refractivity contribution is 0.396. The SMILES string of the molecule is Cc1cc(N(C)CC2CCN(C)C2)ccc1C(=N)N. The van der Waals surface area contributed by atoms with Crippen molar-refractivity contribution in [1.82, 2.24) is 4.90 Å². The van der Waals surface area contributed by atoms with Gasteiger partial charge in [0.2, 0.25) is 0 Å². The summed E-state index contributed by atoms with van der Waals surface area (Å²) in [4.78, 5) is 4.70. The number of hydrogen-bond acceptors (Lipinski definition) is 3. The fourth-order valence-electron chi connectivity index (χ4n) is 2.86. The molecule has 0 spiro atoms. The van der Waals surface area contributed by atoms with E-state index in [1.165, 1.54) is 25.2 Å². The van der Waals surface area contributed by atoms with Gasteiger partial charge in [0.1, 0.15) is 5.84 Å². The number of hydrogen-bond donors (Lipinski definition) is 2. The molecule has 4 nitrogen and oxygen atoms in total. The number of nitrogens with one attached hydrogen (secondary N) is 1. The number of nitrogen functional groups attached to an aromatic ring is 1. The molecule has 1 atom stereocenters. The van der Waals surface area contributed by atoms with Gasteiger partial charge in [0.15, 0.2) is 0 Å². The second kappa shape index (κ2) is 5.61. The molecule has 1 aromatic carbocycles. The molecule has 19 heavy (non-hydrogen) atoms. The molecule has 104 valence electrons. The van der Waals surface area contributed by atoms with Gasteiger partial charge in [-0.1, -0.05) is 0 Å². The fraction of sp³-hybridized carbons (Fsp3) is 0.533. The zero-order chi connectivity index (χ0) is 14.0. The average Bonchev–Trinajstić information content (AvgIpc) is 2.74. The molecule has 4 heteroatoms. The second-order valence-electron chi connectivity index (χ2n) is 5.71. The van der Waals surface area contributed by atoms with Crippen molar-refractivity contribution in [3.8, 4) is 0 Å². The highest BCUT2D eigenvalue weighted by Gasteiger charge is 2.21. The van der Waals surface area contributed by atoms with Crippen molar-refractivity contribution in [1.29, 1.82) is 5.41 Å². The van der Waals surface area contributed by atoms with Crippen LogP contribution in [0, 0.1) is 18.3 Å². The van der Waals surface area contributed by atoms with E-state index < -0.39 is 0 Å². The number of aryl methyl sites for hydroxylation is 1. The summed E-state index contributed by atoms with van der Waals surface area (Å²) in [6.45, 7) is 5.50.